The minimum absolute atomic E-state index is 0.126. The molecule has 0 aromatic carbocycles. The molecule has 0 saturated carbocycles. The number of carbonyl (C=O) groups excluding carboxylic acids is 4. The van der Waals surface area contributed by atoms with Gasteiger partial charge in [-0.25, -0.2) is 4.79 Å². The predicted molar refractivity (Wildman–Crippen MR) is 101 cm³/mol. The Kier molecular flexibility index (Phi) is 12.9. The van der Waals surface area contributed by atoms with E-state index in [4.69, 9.17) is 17.2 Å². The topological polar surface area (TPSA) is 240 Å². The Morgan fingerprint density at radius 3 is 1.90 bits per heavy atom. The summed E-state index contributed by atoms with van der Waals surface area (Å²) >= 11 is 0. The summed E-state index contributed by atoms with van der Waals surface area (Å²) in [5, 5.41) is 25.3. The van der Waals surface area contributed by atoms with Crippen LogP contribution < -0.4 is 33.2 Å². The molecule has 0 aromatic heterocycles. The van der Waals surface area contributed by atoms with Crippen LogP contribution in [0.15, 0.2) is 0 Å². The third-order valence-electron chi connectivity index (χ3n) is 3.89. The predicted octanol–water partition coefficient (Wildman–Crippen LogP) is -4.13. The fraction of sp³-hybridized carbons (Fsp3) is 0.688. The number of aliphatic hydroxyl groups excluding tert-OH is 1. The number of hydrogen-bond donors (Lipinski definition) is 8. The molecule has 0 radical (unpaired) electrons. The van der Waals surface area contributed by atoms with E-state index in [2.05, 4.69) is 16.0 Å². The van der Waals surface area contributed by atoms with E-state index in [0.717, 1.165) is 0 Å². The summed E-state index contributed by atoms with van der Waals surface area (Å²) in [5.74, 6) is -4.46. The molecule has 0 bridgehead atoms. The van der Waals surface area contributed by atoms with Gasteiger partial charge in [-0.1, -0.05) is 0 Å². The van der Waals surface area contributed by atoms with Crippen molar-refractivity contribution in [3.8, 4) is 0 Å². The van der Waals surface area contributed by atoms with Crippen molar-refractivity contribution < 1.29 is 34.2 Å². The van der Waals surface area contributed by atoms with Gasteiger partial charge in [-0.3, -0.25) is 19.2 Å². The van der Waals surface area contributed by atoms with E-state index >= 15 is 0 Å². The smallest absolute Gasteiger partial charge is 0.326 e. The first-order valence-corrected chi connectivity index (χ1v) is 9.08. The largest absolute Gasteiger partial charge is 0.480 e. The van der Waals surface area contributed by atoms with Crippen molar-refractivity contribution >= 4 is 29.6 Å². The van der Waals surface area contributed by atoms with Gasteiger partial charge < -0.3 is 43.4 Å². The van der Waals surface area contributed by atoms with E-state index in [9.17, 15) is 34.2 Å². The molecule has 11 N–H and O–H groups in total. The first kappa shape index (κ1) is 26.2. The third-order valence-corrected chi connectivity index (χ3v) is 3.89. The molecule has 13 nitrogen and oxygen atoms in total. The Hall–Kier alpha value is -2.77. The van der Waals surface area contributed by atoms with E-state index in [1.165, 1.54) is 0 Å². The number of rotatable bonds is 15. The van der Waals surface area contributed by atoms with Crippen molar-refractivity contribution in [2.45, 2.75) is 50.2 Å². The molecule has 0 spiro atoms. The number of carbonyl (C=O) groups is 5. The van der Waals surface area contributed by atoms with Crippen LogP contribution >= 0.6 is 0 Å². The second-order valence-electron chi connectivity index (χ2n) is 6.26. The number of amides is 4. The van der Waals surface area contributed by atoms with Crippen LogP contribution in [0.3, 0.4) is 0 Å². The number of primary amides is 1. The maximum Gasteiger partial charge on any atom is 0.326 e. The number of aliphatic carboxylic acids is 1. The molecule has 29 heavy (non-hydrogen) atoms. The number of aliphatic hydroxyl groups is 1. The SMILES string of the molecule is NCCCCC(NC(=O)C(CCC(N)=O)NC(=O)C(CO)NC(=O)CN)C(=O)O. The fourth-order valence-corrected chi connectivity index (χ4v) is 2.30. The summed E-state index contributed by atoms with van der Waals surface area (Å²) in [6.07, 6.45) is 0.693. The van der Waals surface area contributed by atoms with Crippen LogP contribution in [-0.2, 0) is 24.0 Å². The quantitative estimate of drug-likeness (QED) is 0.120. The monoisotopic (exact) mass is 418 g/mol. The van der Waals surface area contributed by atoms with E-state index in [-0.39, 0.29) is 19.3 Å². The lowest BCUT2D eigenvalue weighted by atomic mass is 10.1. The molecule has 0 fully saturated rings. The maximum absolute atomic E-state index is 12.5. The van der Waals surface area contributed by atoms with Crippen molar-refractivity contribution in [3.05, 3.63) is 0 Å². The van der Waals surface area contributed by atoms with Gasteiger partial charge in [0.1, 0.15) is 18.1 Å². The van der Waals surface area contributed by atoms with Crippen LogP contribution in [0.5, 0.6) is 0 Å². The average Bonchev–Trinajstić information content (AvgIpc) is 2.67. The molecule has 0 aliphatic carbocycles. The third kappa shape index (κ3) is 11.0. The Bertz CT molecular complexity index is 586. The summed E-state index contributed by atoms with van der Waals surface area (Å²) in [4.78, 5) is 58.5. The molecule has 13 heteroatoms. The zero-order chi connectivity index (χ0) is 22.4. The summed E-state index contributed by atoms with van der Waals surface area (Å²) in [6, 6.07) is -3.91. The van der Waals surface area contributed by atoms with Crippen LogP contribution in [-0.4, -0.2) is 77.6 Å². The number of carboxylic acid groups (broad SMARTS) is 1. The highest BCUT2D eigenvalue weighted by atomic mass is 16.4. The molecule has 0 heterocycles. The lowest BCUT2D eigenvalue weighted by Gasteiger charge is -2.23. The lowest BCUT2D eigenvalue weighted by Crippen LogP contribution is -2.57. The average molecular weight is 418 g/mol. The molecule has 3 unspecified atom stereocenters. The summed E-state index contributed by atoms with van der Waals surface area (Å²) in [7, 11) is 0. The van der Waals surface area contributed by atoms with Gasteiger partial charge in [0.05, 0.1) is 13.2 Å². The Balaban J connectivity index is 5.18. The number of nitrogens with one attached hydrogen (secondary N) is 3. The van der Waals surface area contributed by atoms with Crippen molar-refractivity contribution in [1.29, 1.82) is 0 Å². The van der Waals surface area contributed by atoms with E-state index < -0.39 is 60.9 Å². The second kappa shape index (κ2) is 14.3. The van der Waals surface area contributed by atoms with E-state index in [1.54, 1.807) is 0 Å². The standard InChI is InChI=1S/C16H30N6O7/c17-6-2-1-3-10(16(28)29)22-14(26)9(4-5-12(19)24)21-15(27)11(8-23)20-13(25)7-18/h9-11,23H,1-8,17-18H2,(H2,19,24)(H,20,25)(H,21,27)(H,22,26)(H,28,29). The number of unbranched alkanes of at least 4 members (excludes halogenated alkanes) is 1. The van der Waals surface area contributed by atoms with Gasteiger partial charge in [-0.2, -0.15) is 0 Å². The second-order valence-corrected chi connectivity index (χ2v) is 6.26. The molecule has 0 aromatic rings. The first-order valence-electron chi connectivity index (χ1n) is 9.08. The van der Waals surface area contributed by atoms with Gasteiger partial charge in [0.25, 0.3) is 0 Å². The van der Waals surface area contributed by atoms with Gasteiger partial charge in [0.2, 0.25) is 23.6 Å². The molecule has 4 amide bonds. The van der Waals surface area contributed by atoms with E-state index in [0.29, 0.717) is 19.4 Å². The molecule has 0 saturated heterocycles. The minimum Gasteiger partial charge on any atom is -0.480 e. The number of nitrogens with two attached hydrogens (primary N) is 3. The van der Waals surface area contributed by atoms with Gasteiger partial charge in [0.15, 0.2) is 0 Å². The normalized spacial score (nSPS) is 13.6. The zero-order valence-corrected chi connectivity index (χ0v) is 16.1. The van der Waals surface area contributed by atoms with Gasteiger partial charge in [-0.15, -0.1) is 0 Å². The van der Waals surface area contributed by atoms with Crippen molar-refractivity contribution in [2.24, 2.45) is 17.2 Å². The number of carboxylic acids is 1. The molecule has 0 aliphatic rings. The van der Waals surface area contributed by atoms with Crippen molar-refractivity contribution in [3.63, 3.8) is 0 Å². The highest BCUT2D eigenvalue weighted by molar-refractivity contribution is 5.93. The van der Waals surface area contributed by atoms with Gasteiger partial charge in [-0.05, 0) is 32.2 Å². The molecule has 166 valence electrons. The molecule has 3 atom stereocenters. The summed E-state index contributed by atoms with van der Waals surface area (Å²) < 4.78 is 0. The van der Waals surface area contributed by atoms with Crippen molar-refractivity contribution in [2.75, 3.05) is 19.7 Å². The van der Waals surface area contributed by atoms with Crippen LogP contribution in [0, 0.1) is 0 Å². The molecule has 0 aliphatic heterocycles. The maximum atomic E-state index is 12.5. The van der Waals surface area contributed by atoms with Crippen LogP contribution in [0.25, 0.3) is 0 Å². The van der Waals surface area contributed by atoms with Gasteiger partial charge >= 0.3 is 5.97 Å². The Labute approximate surface area is 167 Å². The highest BCUT2D eigenvalue weighted by Gasteiger charge is 2.29. The van der Waals surface area contributed by atoms with Gasteiger partial charge in [0, 0.05) is 6.42 Å². The van der Waals surface area contributed by atoms with Crippen LogP contribution in [0.4, 0.5) is 0 Å². The molecular formula is C16H30N6O7. The highest BCUT2D eigenvalue weighted by Crippen LogP contribution is 2.04. The number of hydrogen-bond acceptors (Lipinski definition) is 8. The van der Waals surface area contributed by atoms with Crippen LogP contribution in [0.2, 0.25) is 0 Å². The molecular weight excluding hydrogens is 388 g/mol. The van der Waals surface area contributed by atoms with Crippen molar-refractivity contribution in [1.82, 2.24) is 16.0 Å². The minimum atomic E-state index is -1.38. The zero-order valence-electron chi connectivity index (χ0n) is 16.1. The fourth-order valence-electron chi connectivity index (χ4n) is 2.30. The van der Waals surface area contributed by atoms with E-state index in [1.807, 2.05) is 0 Å². The Morgan fingerprint density at radius 1 is 0.828 bits per heavy atom. The summed E-state index contributed by atoms with van der Waals surface area (Å²) in [5.41, 5.74) is 15.6. The first-order chi connectivity index (χ1) is 13.7. The lowest BCUT2D eigenvalue weighted by molar-refractivity contribution is -0.142. The summed E-state index contributed by atoms with van der Waals surface area (Å²) in [6.45, 7) is -0.814. The van der Waals surface area contributed by atoms with Crippen LogP contribution in [0.1, 0.15) is 32.1 Å². The molecule has 0 rings (SSSR count). The Morgan fingerprint density at radius 2 is 1.41 bits per heavy atom.